The lowest BCUT2D eigenvalue weighted by atomic mass is 9.97. The van der Waals surface area contributed by atoms with Gasteiger partial charge in [0.2, 0.25) is 0 Å². The molecule has 0 rings (SSSR count). The second-order valence-electron chi connectivity index (χ2n) is 2.66. The molecule has 0 aromatic rings. The molecule has 0 amide bonds. The molecule has 4 atom stereocenters. The summed E-state index contributed by atoms with van der Waals surface area (Å²) in [4.78, 5) is 9.98. The maximum Gasteiger partial charge on any atom is 0.171 e. The van der Waals surface area contributed by atoms with Gasteiger partial charge < -0.3 is 30.3 Å². The number of rotatable bonds is 5. The van der Waals surface area contributed by atoms with Gasteiger partial charge >= 0.3 is 0 Å². The Morgan fingerprint density at radius 1 is 1.38 bits per heavy atom. The summed E-state index contributed by atoms with van der Waals surface area (Å²) in [6.45, 7) is -0.907. The van der Waals surface area contributed by atoms with Crippen LogP contribution in [-0.4, -0.2) is 62.5 Å². The van der Waals surface area contributed by atoms with E-state index < -0.39 is 30.6 Å². The van der Waals surface area contributed by atoms with Crippen molar-refractivity contribution in [2.45, 2.75) is 24.0 Å². The van der Waals surface area contributed by atoms with Gasteiger partial charge in [0.1, 0.15) is 18.3 Å². The molecule has 0 aliphatic heterocycles. The monoisotopic (exact) mass is 195 g/mol. The van der Waals surface area contributed by atoms with Crippen LogP contribution in [0.3, 0.4) is 0 Å². The highest BCUT2D eigenvalue weighted by atomic mass is 16.4. The van der Waals surface area contributed by atoms with E-state index in [9.17, 15) is 4.79 Å². The summed E-state index contributed by atoms with van der Waals surface area (Å²) in [6, 6.07) is 0. The molecule has 0 saturated carbocycles. The average molecular weight is 195 g/mol. The zero-order valence-corrected chi connectivity index (χ0v) is 6.74. The molecule has 0 aromatic carbocycles. The van der Waals surface area contributed by atoms with Crippen molar-refractivity contribution < 1.29 is 30.3 Å². The minimum atomic E-state index is -2.63. The summed E-state index contributed by atoms with van der Waals surface area (Å²) in [5, 5.41) is 44.2. The van der Waals surface area contributed by atoms with Crippen molar-refractivity contribution >= 4 is 6.29 Å². The molecule has 0 aliphatic rings. The van der Waals surface area contributed by atoms with Gasteiger partial charge in [0.15, 0.2) is 12.0 Å². The van der Waals surface area contributed by atoms with Crippen LogP contribution in [0, 0.1) is 0 Å². The van der Waals surface area contributed by atoms with Gasteiger partial charge in [0.05, 0.1) is 6.61 Å². The zero-order chi connectivity index (χ0) is 10.6. The van der Waals surface area contributed by atoms with Crippen LogP contribution in [0.5, 0.6) is 0 Å². The minimum absolute atomic E-state index is 0.0490. The van der Waals surface area contributed by atoms with E-state index in [0.29, 0.717) is 0 Å². The molecule has 0 bridgehead atoms. The Morgan fingerprint density at radius 3 is 2.15 bits per heavy atom. The third-order valence-corrected chi connectivity index (χ3v) is 1.64. The molecule has 0 unspecified atom stereocenters. The van der Waals surface area contributed by atoms with Crippen molar-refractivity contribution in [3.8, 4) is 0 Å². The van der Waals surface area contributed by atoms with Crippen LogP contribution in [0.25, 0.3) is 0 Å². The molecule has 78 valence electrons. The third-order valence-electron chi connectivity index (χ3n) is 1.64. The van der Waals surface area contributed by atoms with E-state index in [0.717, 1.165) is 0 Å². The number of carbonyl (C=O) groups is 1. The van der Waals surface area contributed by atoms with E-state index in [4.69, 9.17) is 31.3 Å². The molecule has 13 heavy (non-hydrogen) atoms. The van der Waals surface area contributed by atoms with Crippen LogP contribution < -0.4 is 5.73 Å². The van der Waals surface area contributed by atoms with Gasteiger partial charge in [-0.2, -0.15) is 0 Å². The molecule has 7 nitrogen and oxygen atoms in total. The highest BCUT2D eigenvalue weighted by molar-refractivity contribution is 5.57. The number of aliphatic hydroxyl groups excluding tert-OH is 4. The molecular formula is C6H13NO6. The third kappa shape index (κ3) is 2.69. The summed E-state index contributed by atoms with van der Waals surface area (Å²) >= 11 is 0. The Bertz CT molecular complexity index is 173. The lowest BCUT2D eigenvalue weighted by Gasteiger charge is -2.33. The SMILES string of the molecule is N[C@@](O)([C@H](O)CO)[C@H](O)[C@@H](O)C=O. The number of carbonyl (C=O) groups excluding carboxylic acids is 1. The summed E-state index contributed by atoms with van der Waals surface area (Å²) in [6.07, 6.45) is -5.88. The Kier molecular flexibility index (Phi) is 4.40. The Balaban J connectivity index is 4.51. The smallest absolute Gasteiger partial charge is 0.171 e. The highest BCUT2D eigenvalue weighted by Crippen LogP contribution is 2.11. The first kappa shape index (κ1) is 12.4. The van der Waals surface area contributed by atoms with Crippen LogP contribution in [0.4, 0.5) is 0 Å². The quantitative estimate of drug-likeness (QED) is 0.193. The summed E-state index contributed by atoms with van der Waals surface area (Å²) < 4.78 is 0. The first-order valence-electron chi connectivity index (χ1n) is 3.49. The van der Waals surface area contributed by atoms with Gasteiger partial charge in [-0.25, -0.2) is 0 Å². The van der Waals surface area contributed by atoms with Crippen molar-refractivity contribution in [1.82, 2.24) is 0 Å². The zero-order valence-electron chi connectivity index (χ0n) is 6.74. The standard InChI is InChI=1S/C6H13NO6/c7-6(13,4(11)2-9)5(12)3(10)1-8/h1,3-5,9-13H,2,7H2/t3-,4+,5+,6+/m0/s1. The molecule has 0 saturated heterocycles. The molecule has 0 aliphatic carbocycles. The van der Waals surface area contributed by atoms with Crippen LogP contribution in [0.15, 0.2) is 0 Å². The minimum Gasteiger partial charge on any atom is -0.394 e. The van der Waals surface area contributed by atoms with Gasteiger partial charge in [-0.3, -0.25) is 5.73 Å². The fourth-order valence-electron chi connectivity index (χ4n) is 0.691. The molecule has 0 radical (unpaired) electrons. The second kappa shape index (κ2) is 4.61. The van der Waals surface area contributed by atoms with Crippen molar-refractivity contribution in [3.63, 3.8) is 0 Å². The predicted molar refractivity (Wildman–Crippen MR) is 40.3 cm³/mol. The number of hydrogen-bond acceptors (Lipinski definition) is 7. The molecule has 0 spiro atoms. The van der Waals surface area contributed by atoms with E-state index in [-0.39, 0.29) is 6.29 Å². The molecule has 0 fully saturated rings. The van der Waals surface area contributed by atoms with Gasteiger partial charge in [-0.05, 0) is 0 Å². The van der Waals surface area contributed by atoms with Gasteiger partial charge in [-0.1, -0.05) is 0 Å². The largest absolute Gasteiger partial charge is 0.394 e. The summed E-state index contributed by atoms with van der Waals surface area (Å²) in [7, 11) is 0. The van der Waals surface area contributed by atoms with E-state index in [1.54, 1.807) is 0 Å². The normalized spacial score (nSPS) is 22.9. The van der Waals surface area contributed by atoms with E-state index in [1.165, 1.54) is 0 Å². The summed E-state index contributed by atoms with van der Waals surface area (Å²) in [5.41, 5.74) is 2.34. The predicted octanol–water partition coefficient (Wildman–Crippen LogP) is -4.09. The lowest BCUT2D eigenvalue weighted by Crippen LogP contribution is -2.64. The topological polar surface area (TPSA) is 144 Å². The maximum atomic E-state index is 9.98. The van der Waals surface area contributed by atoms with Crippen molar-refractivity contribution in [2.75, 3.05) is 6.61 Å². The summed E-state index contributed by atoms with van der Waals surface area (Å²) in [5.74, 6) is 0. The molecule has 7 N–H and O–H groups in total. The second-order valence-corrected chi connectivity index (χ2v) is 2.66. The number of aldehydes is 1. The van der Waals surface area contributed by atoms with Gasteiger partial charge in [0.25, 0.3) is 0 Å². The van der Waals surface area contributed by atoms with Crippen LogP contribution in [0.1, 0.15) is 0 Å². The number of aliphatic hydroxyl groups is 5. The number of nitrogens with two attached hydrogens (primary N) is 1. The number of hydrogen-bond donors (Lipinski definition) is 6. The van der Waals surface area contributed by atoms with Crippen molar-refractivity contribution in [1.29, 1.82) is 0 Å². The molecular weight excluding hydrogens is 182 g/mol. The first-order valence-corrected chi connectivity index (χ1v) is 3.49. The lowest BCUT2D eigenvalue weighted by molar-refractivity contribution is -0.181. The van der Waals surface area contributed by atoms with Crippen LogP contribution in [0.2, 0.25) is 0 Å². The van der Waals surface area contributed by atoms with Crippen molar-refractivity contribution in [2.24, 2.45) is 5.73 Å². The van der Waals surface area contributed by atoms with Crippen LogP contribution in [-0.2, 0) is 4.79 Å². The highest BCUT2D eigenvalue weighted by Gasteiger charge is 2.42. The fraction of sp³-hybridized carbons (Fsp3) is 0.833. The fourth-order valence-corrected chi connectivity index (χ4v) is 0.691. The van der Waals surface area contributed by atoms with Crippen LogP contribution >= 0.6 is 0 Å². The molecule has 0 heterocycles. The Morgan fingerprint density at radius 2 is 1.85 bits per heavy atom. The molecule has 0 aromatic heterocycles. The maximum absolute atomic E-state index is 9.98. The van der Waals surface area contributed by atoms with Crippen molar-refractivity contribution in [3.05, 3.63) is 0 Å². The van der Waals surface area contributed by atoms with Gasteiger partial charge in [0, 0.05) is 0 Å². The van der Waals surface area contributed by atoms with E-state index in [2.05, 4.69) is 0 Å². The molecule has 7 heteroatoms. The van der Waals surface area contributed by atoms with Gasteiger partial charge in [-0.15, -0.1) is 0 Å². The Labute approximate surface area is 74.0 Å². The van der Waals surface area contributed by atoms with E-state index >= 15 is 0 Å². The first-order chi connectivity index (χ1) is 5.87. The average Bonchev–Trinajstić information content (AvgIpc) is 2.13. The van der Waals surface area contributed by atoms with E-state index in [1.807, 2.05) is 0 Å². The Hall–Kier alpha value is -0.570.